The first kappa shape index (κ1) is 14.9. The second-order valence-corrected chi connectivity index (χ2v) is 5.66. The zero-order valence-corrected chi connectivity index (χ0v) is 12.4. The van der Waals surface area contributed by atoms with E-state index >= 15 is 0 Å². The fourth-order valence-corrected chi connectivity index (χ4v) is 2.99. The normalized spacial score (nSPS) is 23.9. The molecule has 116 valence electrons. The Bertz CT molecular complexity index is 642. The van der Waals surface area contributed by atoms with Crippen molar-refractivity contribution in [2.45, 2.75) is 31.0 Å². The van der Waals surface area contributed by atoms with Gasteiger partial charge in [-0.15, -0.1) is 0 Å². The molecule has 0 bridgehead atoms. The predicted molar refractivity (Wildman–Crippen MR) is 80.9 cm³/mol. The highest BCUT2D eigenvalue weighted by Gasteiger charge is 2.44. The van der Waals surface area contributed by atoms with Crippen LogP contribution in [-0.4, -0.2) is 23.3 Å². The molecular formula is C17H19FN2O2. The third-order valence-corrected chi connectivity index (χ3v) is 4.24. The van der Waals surface area contributed by atoms with E-state index in [0.717, 1.165) is 5.56 Å². The van der Waals surface area contributed by atoms with E-state index in [9.17, 15) is 9.50 Å². The van der Waals surface area contributed by atoms with Gasteiger partial charge in [-0.3, -0.25) is 0 Å². The molecular weight excluding hydrogens is 283 g/mol. The number of aromatic nitrogens is 1. The van der Waals surface area contributed by atoms with Gasteiger partial charge in [0, 0.05) is 23.8 Å². The Kier molecular flexibility index (Phi) is 4.09. The van der Waals surface area contributed by atoms with Crippen LogP contribution in [0, 0.1) is 5.82 Å². The molecule has 0 saturated heterocycles. The third-order valence-electron chi connectivity index (χ3n) is 4.24. The molecule has 0 atom stereocenters. The highest BCUT2D eigenvalue weighted by molar-refractivity contribution is 5.29. The average Bonchev–Trinajstić information content (AvgIpc) is 2.52. The van der Waals surface area contributed by atoms with Gasteiger partial charge in [-0.05, 0) is 24.5 Å². The molecule has 2 N–H and O–H groups in total. The molecule has 1 saturated carbocycles. The maximum absolute atomic E-state index is 14.2. The van der Waals surface area contributed by atoms with Crippen molar-refractivity contribution in [2.75, 3.05) is 7.11 Å². The summed E-state index contributed by atoms with van der Waals surface area (Å²) in [6, 6.07) is 11.6. The maximum atomic E-state index is 14.2. The molecule has 3 rings (SSSR count). The smallest absolute Gasteiger partial charge is 0.250 e. The molecule has 0 radical (unpaired) electrons. The van der Waals surface area contributed by atoms with E-state index in [0.29, 0.717) is 24.9 Å². The lowest BCUT2D eigenvalue weighted by Crippen LogP contribution is -2.54. The number of rotatable bonds is 5. The summed E-state index contributed by atoms with van der Waals surface area (Å²) in [5.41, 5.74) is 1.31. The SMILES string of the molecule is COc1nccc(CNC2(c3ccccc3)CC(O)C2)c1F. The molecule has 1 heterocycles. The van der Waals surface area contributed by atoms with E-state index in [-0.39, 0.29) is 17.5 Å². The highest BCUT2D eigenvalue weighted by atomic mass is 19.1. The van der Waals surface area contributed by atoms with Crippen LogP contribution in [-0.2, 0) is 12.1 Å². The lowest BCUT2D eigenvalue weighted by molar-refractivity contribution is -0.00226. The summed E-state index contributed by atoms with van der Waals surface area (Å²) < 4.78 is 19.1. The van der Waals surface area contributed by atoms with Crippen LogP contribution in [0.1, 0.15) is 24.0 Å². The van der Waals surface area contributed by atoms with Gasteiger partial charge in [0.15, 0.2) is 5.82 Å². The number of ether oxygens (including phenoxy) is 1. The second kappa shape index (κ2) is 6.02. The van der Waals surface area contributed by atoms with E-state index < -0.39 is 5.82 Å². The molecule has 0 aliphatic heterocycles. The Morgan fingerprint density at radius 3 is 2.68 bits per heavy atom. The van der Waals surface area contributed by atoms with Crippen LogP contribution in [0.3, 0.4) is 0 Å². The Labute approximate surface area is 129 Å². The summed E-state index contributed by atoms with van der Waals surface area (Å²) in [6.45, 7) is 0.353. The van der Waals surface area contributed by atoms with Crippen LogP contribution < -0.4 is 10.1 Å². The predicted octanol–water partition coefficient (Wildman–Crippen LogP) is 2.37. The van der Waals surface area contributed by atoms with Crippen molar-refractivity contribution in [1.29, 1.82) is 0 Å². The van der Waals surface area contributed by atoms with E-state index in [4.69, 9.17) is 4.74 Å². The van der Waals surface area contributed by atoms with Gasteiger partial charge < -0.3 is 15.2 Å². The number of aliphatic hydroxyl groups is 1. The van der Waals surface area contributed by atoms with Crippen LogP contribution >= 0.6 is 0 Å². The van der Waals surface area contributed by atoms with Crippen molar-refractivity contribution in [3.8, 4) is 5.88 Å². The van der Waals surface area contributed by atoms with Gasteiger partial charge in [0.25, 0.3) is 0 Å². The molecule has 22 heavy (non-hydrogen) atoms. The lowest BCUT2D eigenvalue weighted by Gasteiger charge is -2.47. The van der Waals surface area contributed by atoms with Gasteiger partial charge in [0.1, 0.15) is 0 Å². The van der Waals surface area contributed by atoms with Gasteiger partial charge in [-0.25, -0.2) is 9.37 Å². The summed E-state index contributed by atoms with van der Waals surface area (Å²) in [5.74, 6) is -0.442. The fraction of sp³-hybridized carbons (Fsp3) is 0.353. The highest BCUT2D eigenvalue weighted by Crippen LogP contribution is 2.41. The Hall–Kier alpha value is -1.98. The number of hydrogen-bond acceptors (Lipinski definition) is 4. The Morgan fingerprint density at radius 1 is 1.32 bits per heavy atom. The van der Waals surface area contributed by atoms with E-state index in [1.165, 1.54) is 13.3 Å². The van der Waals surface area contributed by atoms with Crippen molar-refractivity contribution in [1.82, 2.24) is 10.3 Å². The Morgan fingerprint density at radius 2 is 2.05 bits per heavy atom. The van der Waals surface area contributed by atoms with E-state index in [1.54, 1.807) is 6.07 Å². The molecule has 4 nitrogen and oxygen atoms in total. The van der Waals surface area contributed by atoms with Gasteiger partial charge in [-0.1, -0.05) is 30.3 Å². The topological polar surface area (TPSA) is 54.4 Å². The summed E-state index contributed by atoms with van der Waals surface area (Å²) in [6.07, 6.45) is 2.47. The molecule has 1 aromatic heterocycles. The standard InChI is InChI=1S/C17H19FN2O2/c1-22-16-15(18)12(7-8-19-16)11-20-17(9-14(21)10-17)13-5-3-2-4-6-13/h2-8,14,20-21H,9-11H2,1H3. The summed E-state index contributed by atoms with van der Waals surface area (Å²) in [5, 5.41) is 13.1. The summed E-state index contributed by atoms with van der Waals surface area (Å²) in [7, 11) is 1.40. The van der Waals surface area contributed by atoms with Crippen molar-refractivity contribution in [3.05, 3.63) is 59.5 Å². The zero-order valence-electron chi connectivity index (χ0n) is 12.4. The Balaban J connectivity index is 1.79. The minimum absolute atomic E-state index is 0.00158. The number of nitrogens with one attached hydrogen (secondary N) is 1. The molecule has 1 fully saturated rings. The van der Waals surface area contributed by atoms with Crippen molar-refractivity contribution in [3.63, 3.8) is 0 Å². The number of aliphatic hydroxyl groups excluding tert-OH is 1. The van der Waals surface area contributed by atoms with Crippen molar-refractivity contribution >= 4 is 0 Å². The first-order valence-corrected chi connectivity index (χ1v) is 7.30. The molecule has 0 unspecified atom stereocenters. The number of pyridine rings is 1. The van der Waals surface area contributed by atoms with Crippen molar-refractivity contribution < 1.29 is 14.2 Å². The monoisotopic (exact) mass is 302 g/mol. The molecule has 2 aromatic rings. The molecule has 1 aromatic carbocycles. The first-order valence-electron chi connectivity index (χ1n) is 7.30. The number of halogens is 1. The minimum Gasteiger partial charge on any atom is -0.479 e. The quantitative estimate of drug-likeness (QED) is 0.890. The number of nitrogens with zero attached hydrogens (tertiary/aromatic N) is 1. The third kappa shape index (κ3) is 2.69. The van der Waals surface area contributed by atoms with Crippen LogP contribution in [0.25, 0.3) is 0 Å². The summed E-state index contributed by atoms with van der Waals surface area (Å²) in [4.78, 5) is 3.84. The van der Waals surface area contributed by atoms with Crippen LogP contribution in [0.2, 0.25) is 0 Å². The number of benzene rings is 1. The van der Waals surface area contributed by atoms with Crippen molar-refractivity contribution in [2.24, 2.45) is 0 Å². The van der Waals surface area contributed by atoms with Crippen LogP contribution in [0.4, 0.5) is 4.39 Å². The van der Waals surface area contributed by atoms with E-state index in [1.807, 2.05) is 30.3 Å². The molecule has 1 aliphatic carbocycles. The van der Waals surface area contributed by atoms with Crippen LogP contribution in [0.5, 0.6) is 5.88 Å². The number of methoxy groups -OCH3 is 1. The van der Waals surface area contributed by atoms with Gasteiger partial charge in [-0.2, -0.15) is 0 Å². The average molecular weight is 302 g/mol. The number of hydrogen-bond donors (Lipinski definition) is 2. The van der Waals surface area contributed by atoms with Crippen LogP contribution in [0.15, 0.2) is 42.6 Å². The molecule has 0 amide bonds. The van der Waals surface area contributed by atoms with Gasteiger partial charge >= 0.3 is 0 Å². The zero-order chi connectivity index (χ0) is 15.6. The fourth-order valence-electron chi connectivity index (χ4n) is 2.99. The molecule has 0 spiro atoms. The maximum Gasteiger partial charge on any atom is 0.250 e. The van der Waals surface area contributed by atoms with Gasteiger partial charge in [0.05, 0.1) is 13.2 Å². The van der Waals surface area contributed by atoms with E-state index in [2.05, 4.69) is 10.3 Å². The first-order chi connectivity index (χ1) is 10.6. The minimum atomic E-state index is -0.444. The second-order valence-electron chi connectivity index (χ2n) is 5.66. The largest absolute Gasteiger partial charge is 0.479 e. The molecule has 1 aliphatic rings. The lowest BCUT2D eigenvalue weighted by atomic mass is 9.69. The van der Waals surface area contributed by atoms with Gasteiger partial charge in [0.2, 0.25) is 5.88 Å². The molecule has 5 heteroatoms. The summed E-state index contributed by atoms with van der Waals surface area (Å²) >= 11 is 0.